The van der Waals surface area contributed by atoms with Crippen molar-refractivity contribution in [1.82, 2.24) is 15.2 Å². The van der Waals surface area contributed by atoms with Gasteiger partial charge in [0.1, 0.15) is 5.82 Å². The van der Waals surface area contributed by atoms with Gasteiger partial charge < -0.3 is 15.1 Å². The first kappa shape index (κ1) is 17.4. The van der Waals surface area contributed by atoms with E-state index in [1.807, 2.05) is 18.2 Å². The number of anilines is 2. The molecule has 3 rings (SSSR count). The molecule has 0 radical (unpaired) electrons. The van der Waals surface area contributed by atoms with E-state index in [0.717, 1.165) is 44.1 Å². The number of aromatic nitrogens is 1. The van der Waals surface area contributed by atoms with Crippen molar-refractivity contribution in [3.05, 3.63) is 53.7 Å². The third kappa shape index (κ3) is 3.82. The number of hydrogen-bond donors (Lipinski definition) is 1. The Hall–Kier alpha value is -2.40. The van der Waals surface area contributed by atoms with E-state index in [0.29, 0.717) is 12.1 Å². The summed E-state index contributed by atoms with van der Waals surface area (Å²) in [4.78, 5) is 21.6. The number of rotatable bonds is 7. The van der Waals surface area contributed by atoms with E-state index < -0.39 is 0 Å². The molecule has 1 aliphatic rings. The summed E-state index contributed by atoms with van der Waals surface area (Å²) >= 11 is 0. The van der Waals surface area contributed by atoms with Crippen LogP contribution in [0.4, 0.5) is 11.5 Å². The van der Waals surface area contributed by atoms with Crippen molar-refractivity contribution in [3.63, 3.8) is 0 Å². The molecule has 0 saturated carbocycles. The number of likely N-dealkylation sites (N-methyl/N-ethyl adjacent to an activating group) is 1. The summed E-state index contributed by atoms with van der Waals surface area (Å²) in [5.74, 6) is 0.687. The third-order valence-electron chi connectivity index (χ3n) is 4.78. The lowest BCUT2D eigenvalue weighted by atomic mass is 10.2. The van der Waals surface area contributed by atoms with Crippen molar-refractivity contribution in [2.45, 2.75) is 20.3 Å². The van der Waals surface area contributed by atoms with Crippen molar-refractivity contribution in [3.8, 4) is 0 Å². The van der Waals surface area contributed by atoms with Crippen LogP contribution in [0.3, 0.4) is 0 Å². The Labute approximate surface area is 149 Å². The van der Waals surface area contributed by atoms with E-state index >= 15 is 0 Å². The van der Waals surface area contributed by atoms with Gasteiger partial charge in [-0.2, -0.15) is 0 Å². The highest BCUT2D eigenvalue weighted by molar-refractivity contribution is 5.99. The maximum Gasteiger partial charge on any atom is 0.255 e. The lowest BCUT2D eigenvalue weighted by molar-refractivity contribution is 0.0949. The number of nitrogens with zero attached hydrogens (tertiary/aromatic N) is 3. The largest absolute Gasteiger partial charge is 0.351 e. The van der Waals surface area contributed by atoms with Gasteiger partial charge in [-0.15, -0.1) is 0 Å². The highest BCUT2D eigenvalue weighted by atomic mass is 16.1. The lowest BCUT2D eigenvalue weighted by Gasteiger charge is -2.22. The minimum Gasteiger partial charge on any atom is -0.351 e. The molecule has 0 saturated heterocycles. The molecule has 1 aliphatic heterocycles. The fourth-order valence-electron chi connectivity index (χ4n) is 3.31. The molecule has 132 valence electrons. The molecule has 0 unspecified atom stereocenters. The monoisotopic (exact) mass is 338 g/mol. The van der Waals surface area contributed by atoms with Crippen LogP contribution in [0.2, 0.25) is 0 Å². The first-order chi connectivity index (χ1) is 12.2. The van der Waals surface area contributed by atoms with Gasteiger partial charge in [0.05, 0.1) is 5.56 Å². The van der Waals surface area contributed by atoms with Crippen molar-refractivity contribution in [1.29, 1.82) is 0 Å². The molecule has 1 aromatic carbocycles. The summed E-state index contributed by atoms with van der Waals surface area (Å²) in [5.41, 5.74) is 3.10. The lowest BCUT2D eigenvalue weighted by Crippen LogP contribution is -2.35. The van der Waals surface area contributed by atoms with Crippen LogP contribution in [0.25, 0.3) is 0 Å². The van der Waals surface area contributed by atoms with Crippen LogP contribution in [-0.4, -0.2) is 48.5 Å². The topological polar surface area (TPSA) is 48.5 Å². The molecule has 5 nitrogen and oxygen atoms in total. The number of nitrogens with one attached hydrogen (secondary N) is 1. The molecular weight excluding hydrogens is 312 g/mol. The highest BCUT2D eigenvalue weighted by Crippen LogP contribution is 2.34. The number of carbonyl (C=O) groups is 1. The number of carbonyl (C=O) groups excluding carboxylic acids is 1. The fraction of sp³-hybridized carbons (Fsp3) is 0.400. The molecule has 0 bridgehead atoms. The maximum absolute atomic E-state index is 12.7. The first-order valence-electron chi connectivity index (χ1n) is 9.05. The van der Waals surface area contributed by atoms with E-state index in [1.54, 1.807) is 6.20 Å². The number of hydrogen-bond acceptors (Lipinski definition) is 4. The van der Waals surface area contributed by atoms with Crippen LogP contribution >= 0.6 is 0 Å². The van der Waals surface area contributed by atoms with Crippen molar-refractivity contribution >= 4 is 17.4 Å². The predicted molar refractivity (Wildman–Crippen MR) is 102 cm³/mol. The number of amides is 1. The Bertz CT molecular complexity index is 727. The summed E-state index contributed by atoms with van der Waals surface area (Å²) in [6.45, 7) is 8.62. The number of benzene rings is 1. The number of pyridine rings is 1. The molecule has 1 amide bonds. The molecule has 25 heavy (non-hydrogen) atoms. The van der Waals surface area contributed by atoms with Crippen LogP contribution in [0.15, 0.2) is 42.6 Å². The summed E-state index contributed by atoms with van der Waals surface area (Å²) < 4.78 is 0. The molecule has 0 spiro atoms. The maximum atomic E-state index is 12.7. The Morgan fingerprint density at radius 1 is 1.20 bits per heavy atom. The molecule has 5 heteroatoms. The molecule has 1 aromatic heterocycles. The van der Waals surface area contributed by atoms with Gasteiger partial charge in [-0.3, -0.25) is 4.79 Å². The van der Waals surface area contributed by atoms with Gasteiger partial charge in [-0.25, -0.2) is 4.98 Å². The van der Waals surface area contributed by atoms with Crippen LogP contribution in [0.5, 0.6) is 0 Å². The third-order valence-corrected chi connectivity index (χ3v) is 4.78. The molecule has 2 aromatic rings. The molecule has 0 fully saturated rings. The van der Waals surface area contributed by atoms with Gasteiger partial charge >= 0.3 is 0 Å². The van der Waals surface area contributed by atoms with Gasteiger partial charge in [0.15, 0.2) is 0 Å². The van der Waals surface area contributed by atoms with Crippen LogP contribution < -0.4 is 10.2 Å². The van der Waals surface area contributed by atoms with E-state index in [1.165, 1.54) is 5.56 Å². The minimum atomic E-state index is -0.0559. The minimum absolute atomic E-state index is 0.0559. The van der Waals surface area contributed by atoms with Gasteiger partial charge in [0, 0.05) is 31.5 Å². The second-order valence-corrected chi connectivity index (χ2v) is 6.19. The number of para-hydroxylation sites is 1. The zero-order valence-corrected chi connectivity index (χ0v) is 15.0. The van der Waals surface area contributed by atoms with Gasteiger partial charge in [0.2, 0.25) is 0 Å². The quantitative estimate of drug-likeness (QED) is 0.843. The second-order valence-electron chi connectivity index (χ2n) is 6.19. The Kier molecular flexibility index (Phi) is 5.66. The van der Waals surface area contributed by atoms with Crippen molar-refractivity contribution in [2.24, 2.45) is 0 Å². The number of fused-ring (bicyclic) bond motifs is 1. The summed E-state index contributed by atoms with van der Waals surface area (Å²) in [5, 5.41) is 3.04. The summed E-state index contributed by atoms with van der Waals surface area (Å²) in [6, 6.07) is 12.0. The predicted octanol–water partition coefficient (Wildman–Crippen LogP) is 2.85. The smallest absolute Gasteiger partial charge is 0.255 e. The molecule has 0 aliphatic carbocycles. The zero-order chi connectivity index (χ0) is 17.6. The normalized spacial score (nSPS) is 13.2. The summed E-state index contributed by atoms with van der Waals surface area (Å²) in [6.07, 6.45) is 2.73. The van der Waals surface area contributed by atoms with E-state index in [4.69, 9.17) is 0 Å². The van der Waals surface area contributed by atoms with Crippen LogP contribution in [0.1, 0.15) is 29.8 Å². The summed E-state index contributed by atoms with van der Waals surface area (Å²) in [7, 11) is 0. The van der Waals surface area contributed by atoms with Gasteiger partial charge in [-0.05, 0) is 43.3 Å². The van der Waals surface area contributed by atoms with E-state index in [2.05, 4.69) is 52.1 Å². The van der Waals surface area contributed by atoms with Gasteiger partial charge in [-0.1, -0.05) is 32.0 Å². The Morgan fingerprint density at radius 3 is 2.80 bits per heavy atom. The van der Waals surface area contributed by atoms with E-state index in [9.17, 15) is 4.79 Å². The molecule has 2 heterocycles. The average Bonchev–Trinajstić information content (AvgIpc) is 3.09. The molecular formula is C20H26N4O. The molecule has 0 atom stereocenters. The van der Waals surface area contributed by atoms with Crippen molar-refractivity contribution < 1.29 is 4.79 Å². The highest BCUT2D eigenvalue weighted by Gasteiger charge is 2.24. The second kappa shape index (κ2) is 8.12. The standard InChI is InChI=1S/C20H26N4O/c1-3-23(4-2)15-13-22-20(25)17-9-7-12-21-19(17)24-14-11-16-8-5-6-10-18(16)24/h5-10,12H,3-4,11,13-15H2,1-2H3,(H,22,25). The molecule has 1 N–H and O–H groups in total. The van der Waals surface area contributed by atoms with Crippen LogP contribution in [0, 0.1) is 0 Å². The van der Waals surface area contributed by atoms with Crippen molar-refractivity contribution in [2.75, 3.05) is 37.6 Å². The van der Waals surface area contributed by atoms with Crippen LogP contribution in [-0.2, 0) is 6.42 Å². The average molecular weight is 338 g/mol. The van der Waals surface area contributed by atoms with E-state index in [-0.39, 0.29) is 5.91 Å². The Morgan fingerprint density at radius 2 is 2.00 bits per heavy atom. The van der Waals surface area contributed by atoms with Gasteiger partial charge in [0.25, 0.3) is 5.91 Å². The fourth-order valence-corrected chi connectivity index (χ4v) is 3.31. The Balaban J connectivity index is 1.75. The first-order valence-corrected chi connectivity index (χ1v) is 9.05. The zero-order valence-electron chi connectivity index (χ0n) is 15.0. The SMILES string of the molecule is CCN(CC)CCNC(=O)c1cccnc1N1CCc2ccccc21.